The molecule has 0 saturated heterocycles. The number of hydrogen-bond donors (Lipinski definition) is 0. The molecule has 7 rings (SSSR count). The molecule has 39 heavy (non-hydrogen) atoms. The van der Waals surface area contributed by atoms with Gasteiger partial charge in [-0.15, -0.1) is 0 Å². The van der Waals surface area contributed by atoms with Gasteiger partial charge in [0.2, 0.25) is 0 Å². The number of aromatic nitrogens is 3. The van der Waals surface area contributed by atoms with Crippen molar-refractivity contribution in [3.05, 3.63) is 90.0 Å². The molecule has 0 amide bonds. The molecule has 2 aliphatic carbocycles. The summed E-state index contributed by atoms with van der Waals surface area (Å²) >= 11 is -0.718. The molecule has 3 nitrogen and oxygen atoms in total. The summed E-state index contributed by atoms with van der Waals surface area (Å²) in [7, 11) is 0. The molecule has 2 saturated carbocycles. The van der Waals surface area contributed by atoms with Gasteiger partial charge in [0, 0.05) is 0 Å². The molecule has 0 radical (unpaired) electrons. The standard InChI is InChI=1S/C35H35N3Se/c1-4-13-24(14-5-1)32-28(31-23-27-19-10-11-22-30(27)39-31)20-12-21-29(32)35-33(25-15-6-2-7-16-25)34(36-38-37-35)26-17-8-3-9-18-26/h1,4-5,10-14,19-23,25-26H,2-3,6-9,15-18H2/i1D,2D2,3D2,4D,5D,6D2,7D2,8D2,9D2,13D,14D,15D,16D2,17D,18D2,20D,25D,26D. The SMILES string of the molecule is [2H]c1ccc(-c2nnnc(C3([2H])C([2H])C([2H])([2H])C([2H])([2H])C([2H])([2H])C3([2H])[2H])c2C2([2H])C([2H])C([2H])([2H])C([2H])([2H])C([2H])([2H])C2([2H])[2H])c(-c2c([2H])c([2H])c([2H])c([2H])c2[2H])c1-c1cc2ccccc2[se]1. The van der Waals surface area contributed by atoms with E-state index < -0.39 is 154 Å². The van der Waals surface area contributed by atoms with Gasteiger partial charge in [-0.3, -0.25) is 0 Å². The molecule has 4 atom stereocenters. The first-order valence-electron chi connectivity index (χ1n) is 24.9. The molecule has 0 N–H and O–H groups in total. The number of fused-ring (bicyclic) bond motifs is 1. The van der Waals surface area contributed by atoms with Crippen LogP contribution in [0.4, 0.5) is 0 Å². The Morgan fingerprint density at radius 2 is 1.59 bits per heavy atom. The fourth-order valence-corrected chi connectivity index (χ4v) is 6.67. The topological polar surface area (TPSA) is 38.7 Å². The van der Waals surface area contributed by atoms with E-state index in [2.05, 4.69) is 15.4 Å². The molecular weight excluding hydrogens is 541 g/mol. The van der Waals surface area contributed by atoms with Crippen molar-refractivity contribution in [2.24, 2.45) is 0 Å². The molecule has 2 aromatic heterocycles. The molecule has 4 heteroatoms. The number of hydrogen-bond acceptors (Lipinski definition) is 3. The van der Waals surface area contributed by atoms with Gasteiger partial charge in [0.05, 0.1) is 0 Å². The fourth-order valence-electron chi connectivity index (χ4n) is 4.41. The zero-order valence-corrected chi connectivity index (χ0v) is 21.7. The van der Waals surface area contributed by atoms with E-state index in [0.29, 0.717) is 9.82 Å². The van der Waals surface area contributed by atoms with Crippen molar-refractivity contribution >= 4 is 24.1 Å². The molecule has 2 aliphatic rings. The zero-order chi connectivity index (χ0) is 49.2. The van der Waals surface area contributed by atoms with Gasteiger partial charge in [-0.1, -0.05) is 0 Å². The van der Waals surface area contributed by atoms with Crippen molar-refractivity contribution in [3.8, 4) is 32.4 Å². The number of benzene rings is 3. The van der Waals surface area contributed by atoms with E-state index in [9.17, 15) is 8.22 Å². The van der Waals surface area contributed by atoms with Gasteiger partial charge < -0.3 is 0 Å². The van der Waals surface area contributed by atoms with Gasteiger partial charge in [0.1, 0.15) is 0 Å². The van der Waals surface area contributed by atoms with Crippen LogP contribution in [0.25, 0.3) is 42.0 Å². The monoisotopic (exact) mass is 603 g/mol. The maximum absolute atomic E-state index is 10.0. The minimum atomic E-state index is -4.24. The predicted octanol–water partition coefficient (Wildman–Crippen LogP) is 9.18. The molecule has 3 aromatic carbocycles. The molecule has 0 aliphatic heterocycles. The van der Waals surface area contributed by atoms with Crippen LogP contribution in [0.3, 0.4) is 0 Å². The van der Waals surface area contributed by atoms with Crippen LogP contribution in [0.2, 0.25) is 0 Å². The van der Waals surface area contributed by atoms with Crippen LogP contribution in [0, 0.1) is 0 Å². The van der Waals surface area contributed by atoms with Gasteiger partial charge in [-0.05, 0) is 0 Å². The molecule has 4 unspecified atom stereocenters. The molecule has 2 heterocycles. The van der Waals surface area contributed by atoms with E-state index in [-0.39, 0.29) is 11.6 Å². The van der Waals surface area contributed by atoms with E-state index >= 15 is 0 Å². The second-order valence-electron chi connectivity index (χ2n) is 8.31. The fraction of sp³-hybridized carbons (Fsp3) is 0.343. The van der Waals surface area contributed by atoms with E-state index in [0.717, 1.165) is 16.4 Å². The molecular formula is C35H35N3Se. The van der Waals surface area contributed by atoms with Gasteiger partial charge in [0.25, 0.3) is 0 Å². The first-order chi connectivity index (χ1) is 29.4. The van der Waals surface area contributed by atoms with Crippen molar-refractivity contribution in [3.63, 3.8) is 0 Å². The van der Waals surface area contributed by atoms with Crippen molar-refractivity contribution in [2.75, 3.05) is 0 Å². The van der Waals surface area contributed by atoms with Crippen LogP contribution in [0.5, 0.6) is 0 Å². The Kier molecular flexibility index (Phi) is 2.73. The first kappa shape index (κ1) is 9.50. The second-order valence-corrected chi connectivity index (χ2v) is 10.6. The number of rotatable bonds is 5. The first-order valence-corrected chi connectivity index (χ1v) is 13.4. The Hall–Kier alpha value is -3.07. The average molecular weight is 603 g/mol. The van der Waals surface area contributed by atoms with Gasteiger partial charge in [-0.25, -0.2) is 0 Å². The van der Waals surface area contributed by atoms with Crippen molar-refractivity contribution in [1.29, 1.82) is 0 Å². The van der Waals surface area contributed by atoms with Crippen LogP contribution in [0.15, 0.2) is 78.7 Å². The molecule has 5 aromatic rings. The van der Waals surface area contributed by atoms with Gasteiger partial charge >= 0.3 is 273 Å². The third-order valence-corrected chi connectivity index (χ3v) is 8.44. The van der Waals surface area contributed by atoms with Crippen LogP contribution < -0.4 is 0 Å². The Morgan fingerprint density at radius 3 is 2.44 bits per heavy atom. The summed E-state index contributed by atoms with van der Waals surface area (Å²) in [5.41, 5.74) is -6.29. The van der Waals surface area contributed by atoms with Gasteiger partial charge in [0.15, 0.2) is 0 Å². The summed E-state index contributed by atoms with van der Waals surface area (Å²) in [6, 6.07) is 5.75. The van der Waals surface area contributed by atoms with Crippen molar-refractivity contribution in [1.82, 2.24) is 15.4 Å². The Balaban J connectivity index is 1.78. The summed E-state index contributed by atoms with van der Waals surface area (Å²) in [6.07, 6.45) is -38.9. The zero-order valence-electron chi connectivity index (χ0n) is 45.9. The summed E-state index contributed by atoms with van der Waals surface area (Å²) in [6.45, 7) is 0. The summed E-state index contributed by atoms with van der Waals surface area (Å²) in [5, 5.41) is 11.9. The third-order valence-electron chi connectivity index (χ3n) is 6.06. The van der Waals surface area contributed by atoms with E-state index in [1.165, 1.54) is 0 Å². The third kappa shape index (κ3) is 4.90. The van der Waals surface area contributed by atoms with Crippen LogP contribution in [-0.2, 0) is 0 Å². The Morgan fingerprint density at radius 1 is 0.795 bits per heavy atom. The van der Waals surface area contributed by atoms with Crippen molar-refractivity contribution in [2.45, 2.75) is 75.6 Å². The maximum atomic E-state index is 10.0. The summed E-state index contributed by atoms with van der Waals surface area (Å²) in [5.74, 6) is -8.14. The summed E-state index contributed by atoms with van der Waals surface area (Å²) in [4.78, 5) is 0. The quantitative estimate of drug-likeness (QED) is 0.188. The summed E-state index contributed by atoms with van der Waals surface area (Å²) < 4.78 is 232. The molecule has 0 spiro atoms. The molecule has 2 fully saturated rings. The van der Waals surface area contributed by atoms with Gasteiger partial charge in [-0.2, -0.15) is 0 Å². The van der Waals surface area contributed by atoms with Crippen LogP contribution in [-0.4, -0.2) is 29.9 Å². The Labute approximate surface area is 274 Å². The average Bonchev–Trinajstić information content (AvgIpc) is 3.66. The van der Waals surface area contributed by atoms with Crippen LogP contribution in [0.1, 0.15) is 122 Å². The van der Waals surface area contributed by atoms with E-state index in [1.807, 2.05) is 0 Å². The second kappa shape index (κ2) is 11.2. The Bertz CT molecular complexity index is 2740. The number of nitrogens with zero attached hydrogens (tertiary/aromatic N) is 3. The van der Waals surface area contributed by atoms with Crippen molar-refractivity contribution < 1.29 is 35.6 Å². The predicted molar refractivity (Wildman–Crippen MR) is 162 cm³/mol. The van der Waals surface area contributed by atoms with Crippen LogP contribution >= 0.6 is 0 Å². The van der Waals surface area contributed by atoms with E-state index in [1.54, 1.807) is 30.3 Å². The molecule has 0 bridgehead atoms. The molecule has 196 valence electrons. The minimum absolute atomic E-state index is 0.175. The normalized spacial score (nSPS) is 47.4. The van der Waals surface area contributed by atoms with E-state index in [4.69, 9.17) is 27.4 Å².